The summed E-state index contributed by atoms with van der Waals surface area (Å²) < 4.78 is 46.0. The van der Waals surface area contributed by atoms with Gasteiger partial charge < -0.3 is 58.4 Å². The third kappa shape index (κ3) is 27.9. The molecule has 0 aromatic heterocycles. The van der Waals surface area contributed by atoms with E-state index in [1.165, 1.54) is 0 Å². The highest BCUT2D eigenvalue weighted by Gasteiger charge is 2.21. The van der Waals surface area contributed by atoms with E-state index in [-0.39, 0.29) is 38.9 Å². The first-order chi connectivity index (χ1) is 19.7. The first-order valence-corrected chi connectivity index (χ1v) is 15.9. The first-order valence-electron chi connectivity index (χ1n) is 13.9. The van der Waals surface area contributed by atoms with E-state index in [1.54, 1.807) is 14.2 Å². The van der Waals surface area contributed by atoms with E-state index in [0.717, 1.165) is 19.5 Å². The number of methoxy groups -OCH3 is 2. The predicted octanol–water partition coefficient (Wildman–Crippen LogP) is 1.18. The third-order valence-corrected chi connectivity index (χ3v) is 5.93. The van der Waals surface area contributed by atoms with Crippen LogP contribution in [0.2, 0.25) is 0 Å². The van der Waals surface area contributed by atoms with Crippen LogP contribution in [0.25, 0.3) is 0 Å². The SMILES string of the molecule is COCCOCCOC(=O)NCCCCC(NC(=O)OCCOCCOC)C(=O)NCCCCCCOP(C)(=O)[O-]. The minimum atomic E-state index is -3.70. The zero-order valence-electron chi connectivity index (χ0n) is 24.7. The van der Waals surface area contributed by atoms with Gasteiger partial charge in [-0.15, -0.1) is 0 Å². The molecule has 15 nitrogen and oxygen atoms in total. The quantitative estimate of drug-likeness (QED) is 0.0885. The van der Waals surface area contributed by atoms with Crippen molar-refractivity contribution in [3.63, 3.8) is 0 Å². The molecule has 3 N–H and O–H groups in total. The second kappa shape index (κ2) is 26.9. The van der Waals surface area contributed by atoms with Crippen LogP contribution in [-0.2, 0) is 42.3 Å². The minimum absolute atomic E-state index is 0.0247. The van der Waals surface area contributed by atoms with Gasteiger partial charge in [0.25, 0.3) is 0 Å². The lowest BCUT2D eigenvalue weighted by Gasteiger charge is -2.19. The summed E-state index contributed by atoms with van der Waals surface area (Å²) in [6, 6.07) is -0.822. The molecule has 0 saturated heterocycles. The van der Waals surface area contributed by atoms with Gasteiger partial charge in [0.15, 0.2) is 0 Å². The van der Waals surface area contributed by atoms with Crippen molar-refractivity contribution in [3.05, 3.63) is 0 Å². The summed E-state index contributed by atoms with van der Waals surface area (Å²) >= 11 is 0. The van der Waals surface area contributed by atoms with Crippen molar-refractivity contribution in [1.82, 2.24) is 16.0 Å². The zero-order chi connectivity index (χ0) is 30.6. The van der Waals surface area contributed by atoms with Gasteiger partial charge in [0.1, 0.15) is 26.9 Å². The topological polar surface area (TPSA) is 192 Å². The van der Waals surface area contributed by atoms with Gasteiger partial charge in [-0.05, 0) is 32.1 Å². The predicted molar refractivity (Wildman–Crippen MR) is 148 cm³/mol. The maximum atomic E-state index is 12.7. The van der Waals surface area contributed by atoms with Gasteiger partial charge in [-0.3, -0.25) is 4.79 Å². The standard InChI is InChI=1S/C25H50N3O12P/c1-34-14-16-36-18-20-38-24(30)27-12-8-6-10-22(28-25(31)39-21-19-37-17-15-35-2)23(29)26-11-7-4-5-9-13-40-41(3,32)33/h22H,4-21H2,1-3H3,(H,26,29)(H,27,30)(H,28,31)(H,32,33)/p-1. The molecule has 242 valence electrons. The van der Waals surface area contributed by atoms with E-state index in [0.29, 0.717) is 71.6 Å². The van der Waals surface area contributed by atoms with Gasteiger partial charge in [0.05, 0.1) is 46.2 Å². The fourth-order valence-corrected chi connectivity index (χ4v) is 3.65. The molecule has 0 spiro atoms. The second-order valence-electron chi connectivity index (χ2n) is 8.91. The molecule has 0 heterocycles. The summed E-state index contributed by atoms with van der Waals surface area (Å²) in [5, 5.41) is 8.03. The molecule has 16 heteroatoms. The average Bonchev–Trinajstić information content (AvgIpc) is 2.92. The highest BCUT2D eigenvalue weighted by Crippen LogP contribution is 2.31. The van der Waals surface area contributed by atoms with E-state index in [9.17, 15) is 23.8 Å². The summed E-state index contributed by atoms with van der Waals surface area (Å²) in [7, 11) is -0.579. The van der Waals surface area contributed by atoms with E-state index in [4.69, 9.17) is 32.9 Å². The van der Waals surface area contributed by atoms with E-state index < -0.39 is 25.8 Å². The number of unbranched alkanes of at least 4 members (excludes halogenated alkanes) is 4. The molecule has 0 aliphatic carbocycles. The Kier molecular flexibility index (Phi) is 25.6. The number of ether oxygens (including phenoxy) is 6. The van der Waals surface area contributed by atoms with Crippen molar-refractivity contribution >= 4 is 25.7 Å². The normalized spacial score (nSPS) is 13.2. The Hall–Kier alpha value is -2.00. The van der Waals surface area contributed by atoms with Gasteiger partial charge in [-0.1, -0.05) is 12.8 Å². The molecule has 0 aromatic carbocycles. The number of nitrogens with one attached hydrogen (secondary N) is 3. The smallest absolute Gasteiger partial charge is 0.407 e. The average molecular weight is 615 g/mol. The molecule has 2 unspecified atom stereocenters. The molecular weight excluding hydrogens is 565 g/mol. The number of rotatable bonds is 27. The van der Waals surface area contributed by atoms with Crippen LogP contribution in [0.3, 0.4) is 0 Å². The Labute approximate surface area is 243 Å². The highest BCUT2D eigenvalue weighted by molar-refractivity contribution is 7.50. The molecule has 0 rings (SSSR count). The number of carbonyl (C=O) groups is 3. The van der Waals surface area contributed by atoms with Crippen molar-refractivity contribution in [2.24, 2.45) is 0 Å². The number of hydrogen-bond donors (Lipinski definition) is 3. The number of alkyl carbamates (subject to hydrolysis) is 2. The molecule has 0 aliphatic rings. The number of carbonyl (C=O) groups excluding carboxylic acids is 3. The zero-order valence-corrected chi connectivity index (χ0v) is 25.5. The minimum Gasteiger partial charge on any atom is -0.779 e. The van der Waals surface area contributed by atoms with Crippen LogP contribution in [0, 0.1) is 0 Å². The molecule has 0 radical (unpaired) electrons. The molecule has 3 amide bonds. The van der Waals surface area contributed by atoms with Crippen molar-refractivity contribution in [2.75, 3.05) is 93.4 Å². The molecule has 2 atom stereocenters. The number of hydrogen-bond acceptors (Lipinski definition) is 12. The van der Waals surface area contributed by atoms with Crippen LogP contribution >= 0.6 is 7.60 Å². The van der Waals surface area contributed by atoms with Crippen LogP contribution in [0.1, 0.15) is 44.9 Å². The van der Waals surface area contributed by atoms with E-state index >= 15 is 0 Å². The Morgan fingerprint density at radius 3 is 1.83 bits per heavy atom. The Morgan fingerprint density at radius 1 is 0.683 bits per heavy atom. The summed E-state index contributed by atoms with van der Waals surface area (Å²) in [5.41, 5.74) is 0. The van der Waals surface area contributed by atoms with Crippen molar-refractivity contribution in [1.29, 1.82) is 0 Å². The van der Waals surface area contributed by atoms with Gasteiger partial charge in [0, 0.05) is 34.0 Å². The van der Waals surface area contributed by atoms with Crippen molar-refractivity contribution in [3.8, 4) is 0 Å². The monoisotopic (exact) mass is 614 g/mol. The molecule has 41 heavy (non-hydrogen) atoms. The highest BCUT2D eigenvalue weighted by atomic mass is 31.2. The van der Waals surface area contributed by atoms with Crippen molar-refractivity contribution < 1.29 is 56.8 Å². The Morgan fingerprint density at radius 2 is 1.22 bits per heavy atom. The van der Waals surface area contributed by atoms with Crippen LogP contribution in [0.4, 0.5) is 9.59 Å². The molecule has 0 saturated carbocycles. The number of amides is 3. The van der Waals surface area contributed by atoms with Crippen LogP contribution in [0.15, 0.2) is 0 Å². The fraction of sp³-hybridized carbons (Fsp3) is 0.880. The lowest BCUT2D eigenvalue weighted by atomic mass is 10.1. The lowest BCUT2D eigenvalue weighted by Crippen LogP contribution is -2.47. The lowest BCUT2D eigenvalue weighted by molar-refractivity contribution is -0.196. The maximum absolute atomic E-state index is 12.7. The largest absolute Gasteiger partial charge is 0.779 e. The Bertz CT molecular complexity index is 726. The third-order valence-electron chi connectivity index (χ3n) is 5.28. The van der Waals surface area contributed by atoms with Crippen LogP contribution in [0.5, 0.6) is 0 Å². The maximum Gasteiger partial charge on any atom is 0.407 e. The van der Waals surface area contributed by atoms with Crippen LogP contribution in [-0.4, -0.2) is 118 Å². The summed E-state index contributed by atoms with van der Waals surface area (Å²) in [5.74, 6) is -0.347. The fourth-order valence-electron chi connectivity index (χ4n) is 3.19. The van der Waals surface area contributed by atoms with Gasteiger partial charge in [-0.2, -0.15) is 0 Å². The molecule has 0 aromatic rings. The molecule has 0 bridgehead atoms. The summed E-state index contributed by atoms with van der Waals surface area (Å²) in [6.07, 6.45) is 2.96. The molecule has 0 fully saturated rings. The van der Waals surface area contributed by atoms with Crippen molar-refractivity contribution in [2.45, 2.75) is 51.0 Å². The van der Waals surface area contributed by atoms with E-state index in [1.807, 2.05) is 0 Å². The Balaban J connectivity index is 4.36. The van der Waals surface area contributed by atoms with Gasteiger partial charge in [0.2, 0.25) is 5.91 Å². The van der Waals surface area contributed by atoms with E-state index in [2.05, 4.69) is 16.0 Å². The first kappa shape index (κ1) is 39.0. The van der Waals surface area contributed by atoms with Crippen LogP contribution < -0.4 is 20.8 Å². The molecular formula is C25H49N3O12P-. The summed E-state index contributed by atoms with van der Waals surface area (Å²) in [4.78, 5) is 47.7. The molecule has 0 aliphatic heterocycles. The second-order valence-corrected chi connectivity index (χ2v) is 10.7. The summed E-state index contributed by atoms with van der Waals surface area (Å²) in [6.45, 7) is 4.22. The van der Waals surface area contributed by atoms with Gasteiger partial charge in [-0.25, -0.2) is 9.59 Å². The van der Waals surface area contributed by atoms with Gasteiger partial charge >= 0.3 is 12.2 Å².